The van der Waals surface area contributed by atoms with Crippen LogP contribution in [0.4, 0.5) is 31.9 Å². The smallest absolute Gasteiger partial charge is 0.247 e. The van der Waals surface area contributed by atoms with Gasteiger partial charge in [0.05, 0.1) is 34.2 Å². The van der Waals surface area contributed by atoms with E-state index in [0.29, 0.717) is 72.2 Å². The second-order valence-electron chi connectivity index (χ2n) is 8.80. The molecule has 2 N–H and O–H groups in total. The van der Waals surface area contributed by atoms with Gasteiger partial charge in [-0.25, -0.2) is 13.8 Å². The van der Waals surface area contributed by atoms with E-state index >= 15 is 0 Å². The molecule has 0 amide bonds. The molecule has 0 radical (unpaired) electrons. The van der Waals surface area contributed by atoms with Crippen LogP contribution in [0.15, 0.2) is 18.3 Å². The van der Waals surface area contributed by atoms with Crippen molar-refractivity contribution in [2.75, 3.05) is 48.3 Å². The molecular weight excluding hydrogens is 490 g/mol. The lowest BCUT2D eigenvalue weighted by atomic mass is 10.1. The first-order valence-electron chi connectivity index (χ1n) is 11.6. The third-order valence-corrected chi connectivity index (χ3v) is 6.60. The summed E-state index contributed by atoms with van der Waals surface area (Å²) in [4.78, 5) is 12.9. The number of fused-ring (bicyclic) bond motifs is 1. The van der Waals surface area contributed by atoms with Gasteiger partial charge in [-0.2, -0.15) is 20.0 Å². The summed E-state index contributed by atoms with van der Waals surface area (Å²) < 4.78 is 26.5. The number of nitrogens with zero attached hydrogens (tertiary/aromatic N) is 8. The van der Waals surface area contributed by atoms with Gasteiger partial charge in [-0.15, -0.1) is 5.10 Å². The number of nitriles is 2. The summed E-state index contributed by atoms with van der Waals surface area (Å²) in [6, 6.07) is 7.87. The number of aromatic nitrogens is 4. The minimum Gasteiger partial charge on any atom is -0.368 e. The highest BCUT2D eigenvalue weighted by Gasteiger charge is 2.25. The summed E-state index contributed by atoms with van der Waals surface area (Å²) in [6.07, 6.45) is 1.03. The Kier molecular flexibility index (Phi) is 6.72. The second-order valence-corrected chi connectivity index (χ2v) is 9.17. The third-order valence-electron chi connectivity index (χ3n) is 6.20. The molecule has 13 heteroatoms. The first-order chi connectivity index (χ1) is 17.4. The number of piperazine rings is 1. The minimum atomic E-state index is -2.31. The molecule has 0 bridgehead atoms. The molecule has 1 saturated carbocycles. The molecule has 0 atom stereocenters. The fourth-order valence-corrected chi connectivity index (χ4v) is 4.41. The predicted molar refractivity (Wildman–Crippen MR) is 131 cm³/mol. The van der Waals surface area contributed by atoms with Gasteiger partial charge in [0.2, 0.25) is 12.4 Å². The highest BCUT2D eigenvalue weighted by Crippen LogP contribution is 2.36. The molecule has 3 heterocycles. The average Bonchev–Trinajstić information content (AvgIpc) is 3.60. The van der Waals surface area contributed by atoms with Gasteiger partial charge in [0, 0.05) is 45.2 Å². The third kappa shape index (κ3) is 5.10. The second kappa shape index (κ2) is 10.1. The zero-order valence-electron chi connectivity index (χ0n) is 19.3. The molecule has 2 aromatic heterocycles. The van der Waals surface area contributed by atoms with E-state index in [1.165, 1.54) is 10.7 Å². The molecule has 3 aromatic rings. The Bertz CT molecular complexity index is 1350. The summed E-state index contributed by atoms with van der Waals surface area (Å²) in [7, 11) is 0. The van der Waals surface area contributed by atoms with E-state index in [1.807, 2.05) is 9.80 Å². The summed E-state index contributed by atoms with van der Waals surface area (Å²) >= 11 is 6.78. The molecule has 36 heavy (non-hydrogen) atoms. The summed E-state index contributed by atoms with van der Waals surface area (Å²) in [5, 5.41) is 30.3. The number of imidazole rings is 1. The molecule has 0 spiro atoms. The maximum Gasteiger partial charge on any atom is 0.247 e. The fraction of sp³-hybridized carbons (Fsp3) is 0.435. The number of nitrogens with one attached hydrogen (secondary N) is 2. The van der Waals surface area contributed by atoms with Crippen molar-refractivity contribution < 1.29 is 8.78 Å². The largest absolute Gasteiger partial charge is 0.368 e. The summed E-state index contributed by atoms with van der Waals surface area (Å²) in [5.74, 6) is 0.698. The van der Waals surface area contributed by atoms with E-state index in [4.69, 9.17) is 11.6 Å². The minimum absolute atomic E-state index is 0.148. The van der Waals surface area contributed by atoms with E-state index in [-0.39, 0.29) is 18.1 Å². The van der Waals surface area contributed by atoms with Crippen LogP contribution < -0.4 is 15.5 Å². The van der Waals surface area contributed by atoms with Gasteiger partial charge >= 0.3 is 0 Å². The molecule has 2 aliphatic rings. The predicted octanol–water partition coefficient (Wildman–Crippen LogP) is 3.62. The molecule has 2 fully saturated rings. The van der Waals surface area contributed by atoms with Gasteiger partial charge in [0.15, 0.2) is 17.2 Å². The van der Waals surface area contributed by atoms with Crippen LogP contribution >= 0.6 is 11.6 Å². The maximum absolute atomic E-state index is 12.6. The summed E-state index contributed by atoms with van der Waals surface area (Å²) in [5.41, 5.74) is 2.23. The van der Waals surface area contributed by atoms with Crippen molar-refractivity contribution in [2.45, 2.75) is 31.7 Å². The van der Waals surface area contributed by atoms with Crippen molar-refractivity contribution in [3.05, 3.63) is 34.6 Å². The van der Waals surface area contributed by atoms with Gasteiger partial charge in [-0.05, 0) is 25.0 Å². The quantitative estimate of drug-likeness (QED) is 0.466. The van der Waals surface area contributed by atoms with E-state index in [1.54, 1.807) is 12.1 Å². The van der Waals surface area contributed by atoms with Gasteiger partial charge in [-0.3, -0.25) is 4.90 Å². The molecule has 1 aliphatic heterocycles. The summed E-state index contributed by atoms with van der Waals surface area (Å²) in [6.45, 7) is 2.78. The van der Waals surface area contributed by atoms with E-state index in [2.05, 4.69) is 37.8 Å². The molecule has 10 nitrogen and oxygen atoms in total. The average molecular weight is 513 g/mol. The van der Waals surface area contributed by atoms with Gasteiger partial charge < -0.3 is 15.5 Å². The molecule has 186 valence electrons. The number of anilines is 4. The first kappa shape index (κ1) is 24.0. The van der Waals surface area contributed by atoms with Crippen molar-refractivity contribution in [3.63, 3.8) is 0 Å². The zero-order chi connectivity index (χ0) is 25.2. The lowest BCUT2D eigenvalue weighted by Crippen LogP contribution is -2.47. The Labute approximate surface area is 211 Å². The number of hydrogen-bond acceptors (Lipinski definition) is 9. The Balaban J connectivity index is 1.42. The van der Waals surface area contributed by atoms with Crippen LogP contribution in [0.3, 0.4) is 0 Å². The van der Waals surface area contributed by atoms with Crippen molar-refractivity contribution in [1.29, 1.82) is 10.5 Å². The van der Waals surface area contributed by atoms with Crippen molar-refractivity contribution in [3.8, 4) is 12.1 Å². The Morgan fingerprint density at radius 2 is 1.92 bits per heavy atom. The van der Waals surface area contributed by atoms with Crippen LogP contribution in [0.1, 0.15) is 30.5 Å². The lowest BCUT2D eigenvalue weighted by molar-refractivity contribution is 0.114. The van der Waals surface area contributed by atoms with Crippen molar-refractivity contribution in [2.24, 2.45) is 0 Å². The van der Waals surface area contributed by atoms with Gasteiger partial charge in [-0.1, -0.05) is 11.6 Å². The Morgan fingerprint density at radius 3 is 2.58 bits per heavy atom. The van der Waals surface area contributed by atoms with Crippen LogP contribution in [0, 0.1) is 22.7 Å². The standard InChI is InChI=1S/C23H23ClF2N10/c24-20-17(9-14(11-27)10-18(20)35-7-5-34(6-8-35)4-3-19(25)26)31-23-32-21(30-15-1-2-15)22-29-13-16(12-28)36(22)33-23/h9-10,13,15,19H,1-8H2,(H2,30,31,32,33). The topological polar surface area (TPSA) is 121 Å². The van der Waals surface area contributed by atoms with Crippen LogP contribution in [-0.4, -0.2) is 69.7 Å². The maximum atomic E-state index is 12.6. The highest BCUT2D eigenvalue weighted by atomic mass is 35.5. The molecule has 0 unspecified atom stereocenters. The van der Waals surface area contributed by atoms with E-state index in [9.17, 15) is 19.3 Å². The van der Waals surface area contributed by atoms with Crippen LogP contribution in [0.5, 0.6) is 0 Å². The van der Waals surface area contributed by atoms with E-state index < -0.39 is 6.43 Å². The van der Waals surface area contributed by atoms with E-state index in [0.717, 1.165) is 12.8 Å². The Hall–Kier alpha value is -3.74. The lowest BCUT2D eigenvalue weighted by Gasteiger charge is -2.36. The van der Waals surface area contributed by atoms with Crippen LogP contribution in [0.25, 0.3) is 5.65 Å². The van der Waals surface area contributed by atoms with Crippen molar-refractivity contribution in [1.82, 2.24) is 24.5 Å². The SMILES string of the molecule is N#Cc1cc(Nc2nc(NC3CC3)c3ncc(C#N)n3n2)c(Cl)c(N2CCN(CCC(F)F)CC2)c1. The zero-order valence-corrected chi connectivity index (χ0v) is 20.0. The van der Waals surface area contributed by atoms with Gasteiger partial charge in [0.1, 0.15) is 6.07 Å². The Morgan fingerprint density at radius 1 is 1.14 bits per heavy atom. The first-order valence-corrected chi connectivity index (χ1v) is 12.0. The number of rotatable bonds is 8. The van der Waals surface area contributed by atoms with Crippen molar-refractivity contribution >= 4 is 40.4 Å². The number of alkyl halides is 2. The number of benzene rings is 1. The van der Waals surface area contributed by atoms with Crippen LogP contribution in [-0.2, 0) is 0 Å². The number of hydrogen-bond donors (Lipinski definition) is 2. The normalized spacial score (nSPS) is 16.2. The molecule has 1 aromatic carbocycles. The van der Waals surface area contributed by atoms with Crippen LogP contribution in [0.2, 0.25) is 5.02 Å². The van der Waals surface area contributed by atoms with Gasteiger partial charge in [0.25, 0.3) is 0 Å². The highest BCUT2D eigenvalue weighted by molar-refractivity contribution is 6.36. The monoisotopic (exact) mass is 512 g/mol. The molecule has 1 aliphatic carbocycles. The molecule has 5 rings (SSSR count). The fourth-order valence-electron chi connectivity index (χ4n) is 4.14. The molecular formula is C23H23ClF2N10. The molecule has 1 saturated heterocycles. The number of halogens is 3.